The molecule has 0 bridgehead atoms. The Morgan fingerprint density at radius 3 is 2.25 bits per heavy atom. The number of nitrogens with one attached hydrogen (secondary N) is 2. The Morgan fingerprint density at radius 1 is 1.04 bits per heavy atom. The number of amides is 3. The molecule has 1 aromatic rings. The molecule has 0 heterocycles. The second-order valence-corrected chi connectivity index (χ2v) is 5.35. The SMILES string of the molecule is CN(C)C(=O)CNC(=O)COC(=O)CNC(=O)c1ccc(Cl)cc1. The summed E-state index contributed by atoms with van der Waals surface area (Å²) < 4.78 is 4.69. The van der Waals surface area contributed by atoms with E-state index in [1.54, 1.807) is 26.2 Å². The summed E-state index contributed by atoms with van der Waals surface area (Å²) in [5.74, 6) is -2.14. The van der Waals surface area contributed by atoms with E-state index in [2.05, 4.69) is 10.6 Å². The van der Waals surface area contributed by atoms with Gasteiger partial charge in [-0.05, 0) is 24.3 Å². The summed E-state index contributed by atoms with van der Waals surface area (Å²) in [7, 11) is 3.11. The van der Waals surface area contributed by atoms with E-state index in [0.29, 0.717) is 10.6 Å². The van der Waals surface area contributed by atoms with Crippen LogP contribution in [-0.2, 0) is 19.1 Å². The Kier molecular flexibility index (Phi) is 7.70. The van der Waals surface area contributed by atoms with E-state index in [0.717, 1.165) is 0 Å². The number of nitrogens with zero attached hydrogens (tertiary/aromatic N) is 1. The fraction of sp³-hybridized carbons (Fsp3) is 0.333. The third kappa shape index (κ3) is 7.10. The Bertz CT molecular complexity index is 616. The average molecular weight is 356 g/mol. The minimum absolute atomic E-state index is 0.184. The van der Waals surface area contributed by atoms with Crippen molar-refractivity contribution in [3.8, 4) is 0 Å². The number of benzene rings is 1. The molecule has 0 saturated heterocycles. The maximum Gasteiger partial charge on any atom is 0.325 e. The minimum Gasteiger partial charge on any atom is -0.454 e. The average Bonchev–Trinajstić information content (AvgIpc) is 2.56. The second-order valence-electron chi connectivity index (χ2n) is 4.92. The van der Waals surface area contributed by atoms with E-state index in [1.165, 1.54) is 17.0 Å². The molecular weight excluding hydrogens is 338 g/mol. The number of rotatable bonds is 7. The van der Waals surface area contributed by atoms with Gasteiger partial charge in [0, 0.05) is 24.7 Å². The fourth-order valence-corrected chi connectivity index (χ4v) is 1.56. The molecule has 8 nitrogen and oxygen atoms in total. The molecule has 9 heteroatoms. The van der Waals surface area contributed by atoms with E-state index in [9.17, 15) is 19.2 Å². The zero-order valence-electron chi connectivity index (χ0n) is 13.3. The third-order valence-corrected chi connectivity index (χ3v) is 3.05. The molecule has 0 spiro atoms. The lowest BCUT2D eigenvalue weighted by atomic mass is 10.2. The second kappa shape index (κ2) is 9.51. The number of hydrogen-bond acceptors (Lipinski definition) is 5. The summed E-state index contributed by atoms with van der Waals surface area (Å²) in [5.41, 5.74) is 0.340. The molecule has 2 N–H and O–H groups in total. The van der Waals surface area contributed by atoms with Crippen LogP contribution < -0.4 is 10.6 Å². The van der Waals surface area contributed by atoms with Crippen LogP contribution >= 0.6 is 11.6 Å². The predicted octanol–water partition coefficient (Wildman–Crippen LogP) is -0.183. The fourth-order valence-electron chi connectivity index (χ4n) is 1.44. The first-order valence-corrected chi connectivity index (χ1v) is 7.33. The van der Waals surface area contributed by atoms with Gasteiger partial charge < -0.3 is 20.3 Å². The van der Waals surface area contributed by atoms with Crippen LogP contribution in [0.1, 0.15) is 10.4 Å². The molecule has 1 rings (SSSR count). The first-order valence-electron chi connectivity index (χ1n) is 6.96. The lowest BCUT2D eigenvalue weighted by Gasteiger charge is -2.11. The number of likely N-dealkylation sites (N-methyl/N-ethyl adjacent to an activating group) is 1. The number of halogens is 1. The molecule has 0 fully saturated rings. The maximum absolute atomic E-state index is 11.8. The summed E-state index contributed by atoms with van der Waals surface area (Å²) in [6.45, 7) is -1.10. The molecule has 1 aromatic carbocycles. The van der Waals surface area contributed by atoms with Gasteiger partial charge in [-0.3, -0.25) is 19.2 Å². The Morgan fingerprint density at radius 2 is 1.67 bits per heavy atom. The number of carbonyl (C=O) groups is 4. The van der Waals surface area contributed by atoms with Gasteiger partial charge in [-0.1, -0.05) is 11.6 Å². The van der Waals surface area contributed by atoms with Gasteiger partial charge in [0.05, 0.1) is 6.54 Å². The standard InChI is InChI=1S/C15H18ClN3O5/c1-19(2)13(21)7-17-12(20)9-24-14(22)8-18-15(23)10-3-5-11(16)6-4-10/h3-6H,7-9H2,1-2H3,(H,17,20)(H,18,23). The van der Waals surface area contributed by atoms with E-state index >= 15 is 0 Å². The van der Waals surface area contributed by atoms with Gasteiger partial charge in [-0.2, -0.15) is 0 Å². The largest absolute Gasteiger partial charge is 0.454 e. The number of ether oxygens (including phenoxy) is 1. The van der Waals surface area contributed by atoms with Crippen LogP contribution in [0.25, 0.3) is 0 Å². The third-order valence-electron chi connectivity index (χ3n) is 2.80. The highest BCUT2D eigenvalue weighted by atomic mass is 35.5. The molecule has 0 radical (unpaired) electrons. The smallest absolute Gasteiger partial charge is 0.325 e. The van der Waals surface area contributed by atoms with Crippen LogP contribution in [0.3, 0.4) is 0 Å². The van der Waals surface area contributed by atoms with E-state index in [4.69, 9.17) is 16.3 Å². The molecule has 0 aliphatic heterocycles. The monoisotopic (exact) mass is 355 g/mol. The minimum atomic E-state index is -0.772. The molecule has 0 aromatic heterocycles. The van der Waals surface area contributed by atoms with E-state index in [-0.39, 0.29) is 19.0 Å². The molecule has 0 atom stereocenters. The van der Waals surface area contributed by atoms with Crippen LogP contribution in [0.4, 0.5) is 0 Å². The predicted molar refractivity (Wildman–Crippen MR) is 86.4 cm³/mol. The topological polar surface area (TPSA) is 105 Å². The summed E-state index contributed by atoms with van der Waals surface area (Å²) >= 11 is 5.71. The van der Waals surface area contributed by atoms with Crippen LogP contribution in [-0.4, -0.2) is 62.4 Å². The summed E-state index contributed by atoms with van der Waals surface area (Å²) in [6.07, 6.45) is 0. The van der Waals surface area contributed by atoms with Crippen LogP contribution in [0.2, 0.25) is 5.02 Å². The molecule has 0 aliphatic carbocycles. The molecular formula is C15H18ClN3O5. The number of esters is 1. The number of hydrogen-bond donors (Lipinski definition) is 2. The lowest BCUT2D eigenvalue weighted by molar-refractivity contribution is -0.147. The lowest BCUT2D eigenvalue weighted by Crippen LogP contribution is -2.39. The highest BCUT2D eigenvalue weighted by Gasteiger charge is 2.12. The first kappa shape index (κ1) is 19.4. The zero-order chi connectivity index (χ0) is 18.1. The normalized spacial score (nSPS) is 9.79. The maximum atomic E-state index is 11.8. The van der Waals surface area contributed by atoms with Crippen LogP contribution in [0.5, 0.6) is 0 Å². The Hall–Kier alpha value is -2.61. The molecule has 130 valence electrons. The van der Waals surface area contributed by atoms with Gasteiger partial charge in [0.25, 0.3) is 11.8 Å². The van der Waals surface area contributed by atoms with Crippen molar-refractivity contribution in [2.24, 2.45) is 0 Å². The quantitative estimate of drug-likeness (QED) is 0.660. The van der Waals surface area contributed by atoms with Crippen LogP contribution in [0.15, 0.2) is 24.3 Å². The highest BCUT2D eigenvalue weighted by molar-refractivity contribution is 6.30. The van der Waals surface area contributed by atoms with Crippen molar-refractivity contribution in [3.05, 3.63) is 34.9 Å². The van der Waals surface area contributed by atoms with Gasteiger partial charge >= 0.3 is 5.97 Å². The summed E-state index contributed by atoms with van der Waals surface area (Å²) in [5, 5.41) is 5.16. The zero-order valence-corrected chi connectivity index (χ0v) is 14.1. The Balaban J connectivity index is 2.26. The van der Waals surface area contributed by atoms with Crippen molar-refractivity contribution in [2.45, 2.75) is 0 Å². The molecule has 0 aliphatic rings. The van der Waals surface area contributed by atoms with Gasteiger partial charge in [-0.25, -0.2) is 0 Å². The number of carbonyl (C=O) groups excluding carboxylic acids is 4. The van der Waals surface area contributed by atoms with E-state index in [1.807, 2.05) is 0 Å². The summed E-state index contributed by atoms with van der Waals surface area (Å²) in [4.78, 5) is 47.2. The summed E-state index contributed by atoms with van der Waals surface area (Å²) in [6, 6.07) is 6.12. The van der Waals surface area contributed by atoms with Crippen molar-refractivity contribution < 1.29 is 23.9 Å². The molecule has 0 saturated carbocycles. The Labute approximate surface area is 144 Å². The van der Waals surface area contributed by atoms with Gasteiger partial charge in [0.15, 0.2) is 6.61 Å². The molecule has 3 amide bonds. The van der Waals surface area contributed by atoms with Gasteiger partial charge in [0.1, 0.15) is 6.54 Å². The molecule has 0 unspecified atom stereocenters. The molecule has 24 heavy (non-hydrogen) atoms. The van der Waals surface area contributed by atoms with Crippen molar-refractivity contribution in [1.29, 1.82) is 0 Å². The van der Waals surface area contributed by atoms with Crippen molar-refractivity contribution in [3.63, 3.8) is 0 Å². The van der Waals surface area contributed by atoms with Crippen LogP contribution in [0, 0.1) is 0 Å². The van der Waals surface area contributed by atoms with Gasteiger partial charge in [-0.15, -0.1) is 0 Å². The first-order chi connectivity index (χ1) is 11.3. The van der Waals surface area contributed by atoms with Crippen molar-refractivity contribution >= 4 is 35.3 Å². The van der Waals surface area contributed by atoms with E-state index < -0.39 is 24.4 Å². The highest BCUT2D eigenvalue weighted by Crippen LogP contribution is 2.09. The van der Waals surface area contributed by atoms with Gasteiger partial charge in [0.2, 0.25) is 5.91 Å². The van der Waals surface area contributed by atoms with Crippen molar-refractivity contribution in [1.82, 2.24) is 15.5 Å². The van der Waals surface area contributed by atoms with Crippen molar-refractivity contribution in [2.75, 3.05) is 33.8 Å².